The van der Waals surface area contributed by atoms with E-state index in [0.717, 1.165) is 43.4 Å². The van der Waals surface area contributed by atoms with Crippen molar-refractivity contribution in [3.05, 3.63) is 0 Å². The zero-order valence-corrected chi connectivity index (χ0v) is 12.3. The van der Waals surface area contributed by atoms with E-state index in [1.54, 1.807) is 0 Å². The normalized spacial score (nSPS) is 43.5. The first-order valence-electron chi connectivity index (χ1n) is 8.61. The molecule has 1 atom stereocenters. The molecule has 5 fully saturated rings. The standard InChI is InChI=1S/C17H27NO2/c19-15(14-1-2-14)3-4-18-16(20)17-8-11-5-12(9-17)7-13(6-11)10-17/h11-15,19H,1-10H2,(H,18,20)/t11?,12?,13?,15-,17?/m1/s1. The van der Waals surface area contributed by atoms with Crippen molar-refractivity contribution in [2.75, 3.05) is 6.54 Å². The molecule has 0 aliphatic heterocycles. The third-order valence-corrected chi connectivity index (χ3v) is 6.41. The van der Waals surface area contributed by atoms with Gasteiger partial charge in [-0.05, 0) is 81.5 Å². The summed E-state index contributed by atoms with van der Waals surface area (Å²) in [5, 5.41) is 13.0. The third kappa shape index (κ3) is 2.28. The first-order chi connectivity index (χ1) is 9.64. The van der Waals surface area contributed by atoms with Gasteiger partial charge < -0.3 is 10.4 Å². The SMILES string of the molecule is O=C(NCC[C@@H](O)C1CC1)C12CC3CC(CC(C3)C1)C2. The van der Waals surface area contributed by atoms with E-state index in [1.165, 1.54) is 32.1 Å². The molecule has 0 radical (unpaired) electrons. The lowest BCUT2D eigenvalue weighted by atomic mass is 9.49. The third-order valence-electron chi connectivity index (χ3n) is 6.41. The Kier molecular flexibility index (Phi) is 3.10. The summed E-state index contributed by atoms with van der Waals surface area (Å²) in [6.45, 7) is 0.665. The van der Waals surface area contributed by atoms with Crippen LogP contribution in [0.4, 0.5) is 0 Å². The summed E-state index contributed by atoms with van der Waals surface area (Å²) in [5.41, 5.74) is -0.0285. The topological polar surface area (TPSA) is 49.3 Å². The highest BCUT2D eigenvalue weighted by Crippen LogP contribution is 2.60. The van der Waals surface area contributed by atoms with Crippen LogP contribution in [-0.4, -0.2) is 23.7 Å². The average Bonchev–Trinajstić information content (AvgIpc) is 3.21. The number of aliphatic hydroxyl groups is 1. The van der Waals surface area contributed by atoms with Gasteiger partial charge in [0.1, 0.15) is 0 Å². The van der Waals surface area contributed by atoms with Crippen LogP contribution < -0.4 is 5.32 Å². The Morgan fingerprint density at radius 3 is 2.15 bits per heavy atom. The number of carbonyl (C=O) groups is 1. The molecular weight excluding hydrogens is 250 g/mol. The lowest BCUT2D eigenvalue weighted by Gasteiger charge is -2.55. The molecule has 112 valence electrons. The van der Waals surface area contributed by atoms with E-state index in [-0.39, 0.29) is 11.5 Å². The second-order valence-electron chi connectivity index (χ2n) is 8.15. The minimum atomic E-state index is -0.188. The summed E-state index contributed by atoms with van der Waals surface area (Å²) in [5.74, 6) is 3.29. The quantitative estimate of drug-likeness (QED) is 0.811. The number of nitrogens with one attached hydrogen (secondary N) is 1. The Balaban J connectivity index is 1.33. The molecule has 5 aliphatic carbocycles. The Bertz CT molecular complexity index is 367. The number of hydrogen-bond acceptors (Lipinski definition) is 2. The molecular formula is C17H27NO2. The predicted molar refractivity (Wildman–Crippen MR) is 77.0 cm³/mol. The molecule has 3 nitrogen and oxygen atoms in total. The van der Waals surface area contributed by atoms with Crippen LogP contribution in [0.25, 0.3) is 0 Å². The Labute approximate surface area is 121 Å². The summed E-state index contributed by atoms with van der Waals surface area (Å²) in [4.78, 5) is 12.7. The van der Waals surface area contributed by atoms with Gasteiger partial charge in [-0.15, -0.1) is 0 Å². The highest BCUT2D eigenvalue weighted by molar-refractivity contribution is 5.83. The van der Waals surface area contributed by atoms with Crippen LogP contribution in [0.2, 0.25) is 0 Å². The fourth-order valence-corrected chi connectivity index (χ4v) is 5.63. The van der Waals surface area contributed by atoms with Crippen LogP contribution in [0.15, 0.2) is 0 Å². The van der Waals surface area contributed by atoms with Crippen molar-refractivity contribution in [3.8, 4) is 0 Å². The van der Waals surface area contributed by atoms with Crippen LogP contribution in [0, 0.1) is 29.1 Å². The summed E-state index contributed by atoms with van der Waals surface area (Å²) in [7, 11) is 0. The lowest BCUT2D eigenvalue weighted by Crippen LogP contribution is -2.53. The van der Waals surface area contributed by atoms with Gasteiger partial charge in [-0.25, -0.2) is 0 Å². The van der Waals surface area contributed by atoms with Gasteiger partial charge in [0.15, 0.2) is 0 Å². The number of carbonyl (C=O) groups excluding carboxylic acids is 1. The molecule has 0 unspecified atom stereocenters. The van der Waals surface area contributed by atoms with Crippen molar-refractivity contribution in [1.82, 2.24) is 5.32 Å². The van der Waals surface area contributed by atoms with Crippen molar-refractivity contribution in [2.24, 2.45) is 29.1 Å². The van der Waals surface area contributed by atoms with Crippen molar-refractivity contribution >= 4 is 5.91 Å². The van der Waals surface area contributed by atoms with Gasteiger partial charge in [-0.2, -0.15) is 0 Å². The van der Waals surface area contributed by atoms with Crippen molar-refractivity contribution < 1.29 is 9.90 Å². The number of rotatable bonds is 5. The highest BCUT2D eigenvalue weighted by atomic mass is 16.3. The van der Waals surface area contributed by atoms with E-state index in [0.29, 0.717) is 18.4 Å². The van der Waals surface area contributed by atoms with Crippen molar-refractivity contribution in [3.63, 3.8) is 0 Å². The van der Waals surface area contributed by atoms with Crippen LogP contribution in [0.5, 0.6) is 0 Å². The van der Waals surface area contributed by atoms with Gasteiger partial charge in [0.2, 0.25) is 5.91 Å². The minimum Gasteiger partial charge on any atom is -0.393 e. The Morgan fingerprint density at radius 1 is 1.10 bits per heavy atom. The van der Waals surface area contributed by atoms with Gasteiger partial charge >= 0.3 is 0 Å². The number of amides is 1. The monoisotopic (exact) mass is 277 g/mol. The molecule has 5 saturated carbocycles. The average molecular weight is 277 g/mol. The molecule has 0 saturated heterocycles. The van der Waals surface area contributed by atoms with Gasteiger partial charge in [-0.3, -0.25) is 4.79 Å². The van der Waals surface area contributed by atoms with Gasteiger partial charge in [0.05, 0.1) is 6.10 Å². The summed E-state index contributed by atoms with van der Waals surface area (Å²) in [6, 6.07) is 0. The summed E-state index contributed by atoms with van der Waals surface area (Å²) in [6.07, 6.45) is 10.4. The molecule has 0 spiro atoms. The first kappa shape index (κ1) is 13.1. The lowest BCUT2D eigenvalue weighted by molar-refractivity contribution is -0.146. The maximum Gasteiger partial charge on any atom is 0.226 e. The molecule has 0 aromatic rings. The molecule has 2 N–H and O–H groups in total. The zero-order chi connectivity index (χ0) is 13.7. The Hall–Kier alpha value is -0.570. The largest absolute Gasteiger partial charge is 0.393 e. The molecule has 5 rings (SSSR count). The smallest absolute Gasteiger partial charge is 0.226 e. The minimum absolute atomic E-state index is 0.0285. The van der Waals surface area contributed by atoms with E-state index < -0.39 is 0 Å². The predicted octanol–water partition coefficient (Wildman–Crippen LogP) is 2.48. The van der Waals surface area contributed by atoms with Gasteiger partial charge in [0, 0.05) is 12.0 Å². The zero-order valence-electron chi connectivity index (χ0n) is 12.3. The molecule has 1 amide bonds. The van der Waals surface area contributed by atoms with Crippen LogP contribution in [0.3, 0.4) is 0 Å². The number of aliphatic hydroxyl groups excluding tert-OH is 1. The fraction of sp³-hybridized carbons (Fsp3) is 0.941. The molecule has 0 aromatic carbocycles. The Morgan fingerprint density at radius 2 is 1.65 bits per heavy atom. The maximum atomic E-state index is 12.7. The second kappa shape index (κ2) is 4.72. The van der Waals surface area contributed by atoms with E-state index in [2.05, 4.69) is 5.32 Å². The molecule has 20 heavy (non-hydrogen) atoms. The summed E-state index contributed by atoms with van der Waals surface area (Å²) < 4.78 is 0. The van der Waals surface area contributed by atoms with Crippen LogP contribution >= 0.6 is 0 Å². The van der Waals surface area contributed by atoms with Crippen molar-refractivity contribution in [2.45, 2.75) is 63.9 Å². The van der Waals surface area contributed by atoms with Gasteiger partial charge in [0.25, 0.3) is 0 Å². The maximum absolute atomic E-state index is 12.7. The van der Waals surface area contributed by atoms with Crippen LogP contribution in [-0.2, 0) is 4.79 Å². The van der Waals surface area contributed by atoms with Crippen LogP contribution in [0.1, 0.15) is 57.8 Å². The molecule has 0 aromatic heterocycles. The molecule has 4 bridgehead atoms. The van der Waals surface area contributed by atoms with E-state index in [1.807, 2.05) is 0 Å². The molecule has 3 heteroatoms. The van der Waals surface area contributed by atoms with E-state index >= 15 is 0 Å². The second-order valence-corrected chi connectivity index (χ2v) is 8.15. The first-order valence-corrected chi connectivity index (χ1v) is 8.61. The van der Waals surface area contributed by atoms with E-state index in [4.69, 9.17) is 0 Å². The summed E-state index contributed by atoms with van der Waals surface area (Å²) >= 11 is 0. The molecule has 0 heterocycles. The van der Waals surface area contributed by atoms with E-state index in [9.17, 15) is 9.90 Å². The number of hydrogen-bond donors (Lipinski definition) is 2. The fourth-order valence-electron chi connectivity index (χ4n) is 5.63. The van der Waals surface area contributed by atoms with Gasteiger partial charge in [-0.1, -0.05) is 0 Å². The van der Waals surface area contributed by atoms with Crippen molar-refractivity contribution in [1.29, 1.82) is 0 Å². The highest BCUT2D eigenvalue weighted by Gasteiger charge is 2.54. The molecule has 5 aliphatic rings.